The average Bonchev–Trinajstić information content (AvgIpc) is 2.14. The molecule has 0 radical (unpaired) electrons. The van der Waals surface area contributed by atoms with Gasteiger partial charge in [-0.2, -0.15) is 0 Å². The zero-order valence-electron chi connectivity index (χ0n) is 4.69. The van der Waals surface area contributed by atoms with Crippen molar-refractivity contribution in [3.63, 3.8) is 0 Å². The fourth-order valence-corrected chi connectivity index (χ4v) is 0.718. The third kappa shape index (κ3) is 1.26. The van der Waals surface area contributed by atoms with E-state index in [4.69, 9.17) is 10.2 Å². The van der Waals surface area contributed by atoms with E-state index in [-0.39, 0.29) is 6.42 Å². The summed E-state index contributed by atoms with van der Waals surface area (Å²) in [7, 11) is 0. The quantitative estimate of drug-likeness (QED) is 0.490. The molecule has 0 aromatic heterocycles. The molecular weight excluding hydrogens is 122 g/mol. The molecule has 4 heteroatoms. The van der Waals surface area contributed by atoms with Crippen LogP contribution >= 0.6 is 0 Å². The van der Waals surface area contributed by atoms with Gasteiger partial charge in [0.15, 0.2) is 0 Å². The van der Waals surface area contributed by atoms with E-state index in [9.17, 15) is 4.79 Å². The number of rotatable bonds is 1. The zero-order chi connectivity index (χ0) is 6.85. The number of nitrogens with zero attached hydrogens (tertiary/aromatic N) is 1. The number of aliphatic imine (C=N–C) groups is 1. The second-order valence-electron chi connectivity index (χ2n) is 1.96. The van der Waals surface area contributed by atoms with Crippen LogP contribution in [0.2, 0.25) is 0 Å². The van der Waals surface area contributed by atoms with Gasteiger partial charge in [0.2, 0.25) is 0 Å². The van der Waals surface area contributed by atoms with E-state index in [0.29, 0.717) is 0 Å². The predicted molar refractivity (Wildman–Crippen MR) is 30.5 cm³/mol. The Hall–Kier alpha value is -0.900. The first-order valence-corrected chi connectivity index (χ1v) is 2.64. The highest BCUT2D eigenvalue weighted by molar-refractivity contribution is 5.80. The summed E-state index contributed by atoms with van der Waals surface area (Å²) in [5, 5.41) is 17.0. The van der Waals surface area contributed by atoms with Gasteiger partial charge >= 0.3 is 5.97 Å². The first-order chi connectivity index (χ1) is 4.20. The van der Waals surface area contributed by atoms with E-state index in [1.807, 2.05) is 0 Å². The Morgan fingerprint density at radius 2 is 2.44 bits per heavy atom. The smallest absolute Gasteiger partial charge is 0.328 e. The minimum absolute atomic E-state index is 0.218. The fraction of sp³-hybridized carbons (Fsp3) is 0.600. The first kappa shape index (κ1) is 6.22. The molecule has 1 heterocycles. The summed E-state index contributed by atoms with van der Waals surface area (Å²) in [6.07, 6.45) is 0.819. The summed E-state index contributed by atoms with van der Waals surface area (Å²) in [6.45, 7) is 0. The van der Waals surface area contributed by atoms with E-state index in [0.717, 1.165) is 0 Å². The molecule has 4 nitrogen and oxygen atoms in total. The van der Waals surface area contributed by atoms with Crippen molar-refractivity contribution in [2.24, 2.45) is 4.99 Å². The van der Waals surface area contributed by atoms with Crippen molar-refractivity contribution in [2.45, 2.75) is 18.6 Å². The number of aliphatic hydroxyl groups excluding tert-OH is 1. The molecule has 1 aliphatic rings. The van der Waals surface area contributed by atoms with Crippen LogP contribution in [0.5, 0.6) is 0 Å². The van der Waals surface area contributed by atoms with Gasteiger partial charge in [0.05, 0.1) is 6.10 Å². The van der Waals surface area contributed by atoms with Crippen LogP contribution in [0, 0.1) is 0 Å². The highest BCUT2D eigenvalue weighted by Gasteiger charge is 2.23. The molecule has 0 spiro atoms. The number of carbonyl (C=O) groups is 1. The normalized spacial score (nSPS) is 33.0. The highest BCUT2D eigenvalue weighted by Crippen LogP contribution is 2.08. The number of hydrogen-bond acceptors (Lipinski definition) is 3. The lowest BCUT2D eigenvalue weighted by atomic mass is 10.2. The number of carboxylic acids is 1. The molecule has 0 saturated carbocycles. The van der Waals surface area contributed by atoms with Gasteiger partial charge < -0.3 is 10.2 Å². The molecule has 0 unspecified atom stereocenters. The highest BCUT2D eigenvalue weighted by atomic mass is 16.4. The molecular formula is C5H7NO3. The maximum atomic E-state index is 10.1. The van der Waals surface area contributed by atoms with Crippen molar-refractivity contribution < 1.29 is 15.0 Å². The lowest BCUT2D eigenvalue weighted by Crippen LogP contribution is -2.17. The maximum Gasteiger partial charge on any atom is 0.328 e. The van der Waals surface area contributed by atoms with Crippen LogP contribution in [0.15, 0.2) is 4.99 Å². The number of hydrogen-bond donors (Lipinski definition) is 2. The summed E-state index contributed by atoms with van der Waals surface area (Å²) in [5.74, 6) is -0.970. The Morgan fingerprint density at radius 3 is 2.67 bits per heavy atom. The van der Waals surface area contributed by atoms with Crippen LogP contribution in [0.1, 0.15) is 6.42 Å². The monoisotopic (exact) mass is 129 g/mol. The largest absolute Gasteiger partial charge is 0.480 e. The molecule has 0 amide bonds. The topological polar surface area (TPSA) is 69.9 Å². The maximum absolute atomic E-state index is 10.1. The Morgan fingerprint density at radius 1 is 1.78 bits per heavy atom. The van der Waals surface area contributed by atoms with Crippen LogP contribution in [0.25, 0.3) is 0 Å². The summed E-state index contributed by atoms with van der Waals surface area (Å²) >= 11 is 0. The van der Waals surface area contributed by atoms with E-state index >= 15 is 0 Å². The van der Waals surface area contributed by atoms with Crippen molar-refractivity contribution in [3.8, 4) is 0 Å². The van der Waals surface area contributed by atoms with Gasteiger partial charge in [-0.15, -0.1) is 0 Å². The van der Waals surface area contributed by atoms with Gasteiger partial charge in [-0.05, 0) is 0 Å². The molecule has 0 aromatic carbocycles. The number of aliphatic hydroxyl groups is 1. The third-order valence-electron chi connectivity index (χ3n) is 1.19. The zero-order valence-corrected chi connectivity index (χ0v) is 4.69. The van der Waals surface area contributed by atoms with Gasteiger partial charge in [-0.3, -0.25) is 4.99 Å². The van der Waals surface area contributed by atoms with Crippen molar-refractivity contribution in [1.82, 2.24) is 0 Å². The molecule has 1 rings (SSSR count). The molecule has 0 saturated heterocycles. The lowest BCUT2D eigenvalue weighted by molar-refractivity contribution is -0.138. The van der Waals surface area contributed by atoms with Crippen molar-refractivity contribution >= 4 is 12.2 Å². The second kappa shape index (κ2) is 2.14. The summed E-state index contributed by atoms with van der Waals surface area (Å²) in [5.41, 5.74) is 0. The van der Waals surface area contributed by atoms with E-state index in [1.54, 1.807) is 0 Å². The summed E-state index contributed by atoms with van der Waals surface area (Å²) in [4.78, 5) is 13.7. The lowest BCUT2D eigenvalue weighted by Gasteiger charge is -1.98. The average molecular weight is 129 g/mol. The molecule has 2 N–H and O–H groups in total. The molecule has 0 bridgehead atoms. The van der Waals surface area contributed by atoms with Gasteiger partial charge in [0, 0.05) is 12.6 Å². The molecule has 2 atom stereocenters. The van der Waals surface area contributed by atoms with E-state index in [2.05, 4.69) is 4.99 Å². The van der Waals surface area contributed by atoms with Gasteiger partial charge in [0.25, 0.3) is 0 Å². The van der Waals surface area contributed by atoms with E-state index in [1.165, 1.54) is 6.21 Å². The van der Waals surface area contributed by atoms with Crippen LogP contribution in [0.4, 0.5) is 0 Å². The number of carboxylic acid groups (broad SMARTS) is 1. The summed E-state index contributed by atoms with van der Waals surface area (Å²) < 4.78 is 0. The Labute approximate surface area is 51.8 Å². The third-order valence-corrected chi connectivity index (χ3v) is 1.19. The molecule has 50 valence electrons. The molecule has 0 fully saturated rings. The first-order valence-electron chi connectivity index (χ1n) is 2.64. The van der Waals surface area contributed by atoms with E-state index < -0.39 is 18.1 Å². The van der Waals surface area contributed by atoms with Crippen LogP contribution in [0.3, 0.4) is 0 Å². The molecule has 1 aliphatic heterocycles. The van der Waals surface area contributed by atoms with Gasteiger partial charge in [-0.1, -0.05) is 0 Å². The molecule has 9 heavy (non-hydrogen) atoms. The van der Waals surface area contributed by atoms with Crippen LogP contribution in [-0.2, 0) is 4.79 Å². The molecule has 0 aromatic rings. The van der Waals surface area contributed by atoms with Gasteiger partial charge in [-0.25, -0.2) is 4.79 Å². The Balaban J connectivity index is 2.50. The van der Waals surface area contributed by atoms with Crippen molar-refractivity contribution in [1.29, 1.82) is 0 Å². The molecule has 0 aliphatic carbocycles. The van der Waals surface area contributed by atoms with Crippen LogP contribution < -0.4 is 0 Å². The minimum Gasteiger partial charge on any atom is -0.480 e. The minimum atomic E-state index is -0.970. The van der Waals surface area contributed by atoms with Crippen LogP contribution in [-0.4, -0.2) is 34.5 Å². The SMILES string of the molecule is O=C(O)[C@H]1C[C@@H](O)C=N1. The van der Waals surface area contributed by atoms with Crippen molar-refractivity contribution in [3.05, 3.63) is 0 Å². The Bertz CT molecular complexity index is 154. The standard InChI is InChI=1S/C5H7NO3/c7-3-1-4(5(8)9)6-2-3/h2-4,7H,1H2,(H,8,9)/t3-,4-/m1/s1. The van der Waals surface area contributed by atoms with Crippen molar-refractivity contribution in [2.75, 3.05) is 0 Å². The predicted octanol–water partition coefficient (Wildman–Crippen LogP) is -0.725. The number of aliphatic carboxylic acids is 1. The van der Waals surface area contributed by atoms with Gasteiger partial charge in [0.1, 0.15) is 6.04 Å². The Kier molecular flexibility index (Phi) is 1.48. The second-order valence-corrected chi connectivity index (χ2v) is 1.96. The fourth-order valence-electron chi connectivity index (χ4n) is 0.718. The summed E-state index contributed by atoms with van der Waals surface area (Å²) in [6, 6.07) is -0.722.